The van der Waals surface area contributed by atoms with Crippen LogP contribution in [-0.4, -0.2) is 4.57 Å². The molecular formula is C55H48N2. The molecule has 2 heteroatoms. The second kappa shape index (κ2) is 14.6. The molecule has 6 aromatic carbocycles. The topological polar surface area (TPSA) is 8.17 Å². The molecule has 7 aromatic rings. The number of para-hydroxylation sites is 2. The molecule has 0 unspecified atom stereocenters. The third-order valence-corrected chi connectivity index (χ3v) is 12.9. The highest BCUT2D eigenvalue weighted by Crippen LogP contribution is 2.55. The van der Waals surface area contributed by atoms with E-state index < -0.39 is 0 Å². The second-order valence-electron chi connectivity index (χ2n) is 15.9. The molecule has 1 fully saturated rings. The molecule has 1 heterocycles. The Morgan fingerprint density at radius 2 is 1.33 bits per heavy atom. The summed E-state index contributed by atoms with van der Waals surface area (Å²) in [6.45, 7) is 4.73. The number of hydrogen-bond donors (Lipinski definition) is 0. The zero-order chi connectivity index (χ0) is 38.3. The first-order valence-corrected chi connectivity index (χ1v) is 20.8. The lowest BCUT2D eigenvalue weighted by Crippen LogP contribution is -2.21. The lowest BCUT2D eigenvalue weighted by atomic mass is 9.76. The minimum absolute atomic E-state index is 0.179. The number of benzene rings is 6. The zero-order valence-electron chi connectivity index (χ0n) is 33.0. The molecule has 0 aliphatic heterocycles. The molecule has 1 saturated carbocycles. The SMILES string of the molecule is CC/C(=C\C1=C(C)C2(CCCC2)c2ccccc21)N(C1=CCC=C(c2ccccc2)C=C1)c1ccc(-c2ccc3c(c2)c2ccccc2n3-c2ccccc2)cc1. The van der Waals surface area contributed by atoms with Crippen LogP contribution in [0.15, 0.2) is 199 Å². The summed E-state index contributed by atoms with van der Waals surface area (Å²) in [5.74, 6) is 0. The Morgan fingerprint density at radius 3 is 2.12 bits per heavy atom. The largest absolute Gasteiger partial charge is 0.315 e. The van der Waals surface area contributed by atoms with E-state index in [-0.39, 0.29) is 5.41 Å². The lowest BCUT2D eigenvalue weighted by Gasteiger charge is -2.29. The van der Waals surface area contributed by atoms with Gasteiger partial charge in [0.1, 0.15) is 0 Å². The van der Waals surface area contributed by atoms with Crippen LogP contribution in [0.3, 0.4) is 0 Å². The van der Waals surface area contributed by atoms with Crippen molar-refractivity contribution in [1.29, 1.82) is 0 Å². The van der Waals surface area contributed by atoms with Crippen molar-refractivity contribution in [3.63, 3.8) is 0 Å². The minimum atomic E-state index is 0.179. The van der Waals surface area contributed by atoms with Crippen LogP contribution in [0.5, 0.6) is 0 Å². The van der Waals surface area contributed by atoms with Crippen LogP contribution in [0.4, 0.5) is 5.69 Å². The van der Waals surface area contributed by atoms with Crippen molar-refractivity contribution in [1.82, 2.24) is 4.57 Å². The third-order valence-electron chi connectivity index (χ3n) is 12.9. The molecule has 1 spiro atoms. The van der Waals surface area contributed by atoms with Crippen LogP contribution < -0.4 is 4.90 Å². The lowest BCUT2D eigenvalue weighted by molar-refractivity contribution is 0.534. The van der Waals surface area contributed by atoms with Gasteiger partial charge in [0.25, 0.3) is 0 Å². The predicted molar refractivity (Wildman–Crippen MR) is 243 cm³/mol. The average molecular weight is 737 g/mol. The van der Waals surface area contributed by atoms with Crippen molar-refractivity contribution in [3.05, 3.63) is 216 Å². The molecule has 2 nitrogen and oxygen atoms in total. The van der Waals surface area contributed by atoms with E-state index in [0.29, 0.717) is 0 Å². The summed E-state index contributed by atoms with van der Waals surface area (Å²) < 4.78 is 2.38. The first kappa shape index (κ1) is 35.1. The Morgan fingerprint density at radius 1 is 0.649 bits per heavy atom. The van der Waals surface area contributed by atoms with Crippen LogP contribution in [0.25, 0.3) is 49.8 Å². The molecule has 1 aromatic heterocycles. The minimum Gasteiger partial charge on any atom is -0.315 e. The number of hydrogen-bond acceptors (Lipinski definition) is 1. The van der Waals surface area contributed by atoms with E-state index in [1.165, 1.54) is 109 Å². The number of fused-ring (bicyclic) bond motifs is 5. The quantitative estimate of drug-likeness (QED) is 0.151. The van der Waals surface area contributed by atoms with Crippen LogP contribution in [0.1, 0.15) is 69.1 Å². The Bertz CT molecular complexity index is 2780. The molecular weight excluding hydrogens is 689 g/mol. The van der Waals surface area contributed by atoms with Gasteiger partial charge in [-0.3, -0.25) is 0 Å². The van der Waals surface area contributed by atoms with Gasteiger partial charge in [-0.25, -0.2) is 0 Å². The van der Waals surface area contributed by atoms with Crippen LogP contribution in [0.2, 0.25) is 0 Å². The van der Waals surface area contributed by atoms with Gasteiger partial charge in [0.15, 0.2) is 0 Å². The highest BCUT2D eigenvalue weighted by Gasteiger charge is 2.44. The van der Waals surface area contributed by atoms with Crippen molar-refractivity contribution in [2.45, 2.75) is 57.8 Å². The zero-order valence-corrected chi connectivity index (χ0v) is 33.0. The molecule has 0 bridgehead atoms. The van der Waals surface area contributed by atoms with E-state index in [4.69, 9.17) is 0 Å². The Balaban J connectivity index is 1.07. The van der Waals surface area contributed by atoms with Gasteiger partial charge in [-0.05, 0) is 126 Å². The van der Waals surface area contributed by atoms with Crippen molar-refractivity contribution in [2.75, 3.05) is 4.90 Å². The number of anilines is 1. The fraction of sp³-hybridized carbons (Fsp3) is 0.164. The molecule has 278 valence electrons. The Labute approximate surface area is 337 Å². The first-order chi connectivity index (χ1) is 28.1. The van der Waals surface area contributed by atoms with Crippen LogP contribution >= 0.6 is 0 Å². The molecule has 3 aliphatic carbocycles. The average Bonchev–Trinajstić information content (AvgIpc) is 3.89. The van der Waals surface area contributed by atoms with E-state index in [9.17, 15) is 0 Å². The summed E-state index contributed by atoms with van der Waals surface area (Å²) in [6, 6.07) is 55.7. The highest BCUT2D eigenvalue weighted by atomic mass is 15.2. The second-order valence-corrected chi connectivity index (χ2v) is 15.9. The summed E-state index contributed by atoms with van der Waals surface area (Å²) in [5, 5.41) is 2.54. The van der Waals surface area contributed by atoms with Crippen LogP contribution in [-0.2, 0) is 5.41 Å². The van der Waals surface area contributed by atoms with Gasteiger partial charge in [-0.2, -0.15) is 0 Å². The number of nitrogens with zero attached hydrogens (tertiary/aromatic N) is 2. The van der Waals surface area contributed by atoms with Crippen molar-refractivity contribution in [3.8, 4) is 16.8 Å². The standard InChI is InChI=1S/C55H48N2/c1-3-44(38-50-39(2)55(35-14-15-36-55)52-25-12-10-23-48(50)52)56(46-22-16-19-41(27-31-46)40-17-6-4-7-18-40)47-32-28-42(29-33-47)43-30-34-54-51(37-43)49-24-11-13-26-53(49)57(54)45-20-8-5-9-21-45/h4-13,17-34,37-38H,3,14-16,35-36H2,1-2H3/b44-38+. The number of allylic oxidation sites excluding steroid dienone is 9. The van der Waals surface area contributed by atoms with Gasteiger partial charge in [-0.15, -0.1) is 0 Å². The molecule has 0 amide bonds. The molecule has 0 radical (unpaired) electrons. The van der Waals surface area contributed by atoms with E-state index >= 15 is 0 Å². The fourth-order valence-electron chi connectivity index (χ4n) is 10.0. The maximum atomic E-state index is 2.52. The number of aromatic nitrogens is 1. The molecule has 0 atom stereocenters. The molecule has 0 saturated heterocycles. The summed E-state index contributed by atoms with van der Waals surface area (Å²) in [5.41, 5.74) is 18.3. The maximum absolute atomic E-state index is 2.52. The third kappa shape index (κ3) is 6.03. The molecule has 10 rings (SSSR count). The Kier molecular flexibility index (Phi) is 8.98. The van der Waals surface area contributed by atoms with E-state index in [2.05, 4.69) is 205 Å². The molecule has 57 heavy (non-hydrogen) atoms. The van der Waals surface area contributed by atoms with Gasteiger partial charge in [0, 0.05) is 39.0 Å². The van der Waals surface area contributed by atoms with Crippen LogP contribution in [0, 0.1) is 0 Å². The van der Waals surface area contributed by atoms with Gasteiger partial charge < -0.3 is 9.47 Å². The van der Waals surface area contributed by atoms with E-state index in [1.54, 1.807) is 5.57 Å². The van der Waals surface area contributed by atoms with Gasteiger partial charge in [0.05, 0.1) is 11.0 Å². The normalized spacial score (nSPS) is 16.3. The van der Waals surface area contributed by atoms with Crippen molar-refractivity contribution in [2.24, 2.45) is 0 Å². The fourth-order valence-corrected chi connectivity index (χ4v) is 10.0. The summed E-state index contributed by atoms with van der Waals surface area (Å²) in [4.78, 5) is 2.52. The molecule has 0 N–H and O–H groups in total. The molecule has 3 aliphatic rings. The van der Waals surface area contributed by atoms with Crippen molar-refractivity contribution >= 4 is 38.6 Å². The highest BCUT2D eigenvalue weighted by molar-refractivity contribution is 6.10. The predicted octanol–water partition coefficient (Wildman–Crippen LogP) is 14.8. The number of rotatable bonds is 8. The first-order valence-electron chi connectivity index (χ1n) is 20.8. The maximum Gasteiger partial charge on any atom is 0.0541 e. The summed E-state index contributed by atoms with van der Waals surface area (Å²) >= 11 is 0. The summed E-state index contributed by atoms with van der Waals surface area (Å²) in [6.07, 6.45) is 18.8. The van der Waals surface area contributed by atoms with Gasteiger partial charge >= 0.3 is 0 Å². The van der Waals surface area contributed by atoms with Gasteiger partial charge in [0.2, 0.25) is 0 Å². The monoisotopic (exact) mass is 736 g/mol. The van der Waals surface area contributed by atoms with Crippen molar-refractivity contribution < 1.29 is 0 Å². The summed E-state index contributed by atoms with van der Waals surface area (Å²) in [7, 11) is 0. The smallest absolute Gasteiger partial charge is 0.0541 e. The van der Waals surface area contributed by atoms with E-state index in [1.807, 2.05) is 0 Å². The van der Waals surface area contributed by atoms with Gasteiger partial charge in [-0.1, -0.05) is 153 Å². The van der Waals surface area contributed by atoms with E-state index in [0.717, 1.165) is 12.8 Å². The Hall–Kier alpha value is -6.38.